The van der Waals surface area contributed by atoms with Gasteiger partial charge in [0, 0.05) is 12.8 Å². The van der Waals surface area contributed by atoms with Gasteiger partial charge >= 0.3 is 0 Å². The van der Waals surface area contributed by atoms with Crippen molar-refractivity contribution in [2.24, 2.45) is 0 Å². The fraction of sp³-hybridized carbons (Fsp3) is 0.300. The van der Waals surface area contributed by atoms with Crippen molar-refractivity contribution in [3.63, 3.8) is 0 Å². The maximum Gasteiger partial charge on any atom is 0.255 e. The van der Waals surface area contributed by atoms with Crippen molar-refractivity contribution in [2.75, 3.05) is 12.8 Å². The smallest absolute Gasteiger partial charge is 0.255 e. The van der Waals surface area contributed by atoms with Gasteiger partial charge in [0.15, 0.2) is 9.84 Å². The molecule has 5 nitrogen and oxygen atoms in total. The van der Waals surface area contributed by atoms with E-state index in [1.165, 1.54) is 6.07 Å². The molecule has 0 spiro atoms. The van der Waals surface area contributed by atoms with Crippen LogP contribution in [0.3, 0.4) is 0 Å². The SMILES string of the molecule is CS(=O)(=O)c1ccccc1C(=O)N1CCCC[C@H]1c1nc2ccccc2s1. The van der Waals surface area contributed by atoms with Gasteiger partial charge in [0.1, 0.15) is 5.01 Å². The second-order valence-electron chi connectivity index (χ2n) is 6.80. The van der Waals surface area contributed by atoms with Crippen molar-refractivity contribution in [2.45, 2.75) is 30.2 Å². The van der Waals surface area contributed by atoms with E-state index in [0.717, 1.165) is 40.7 Å². The number of hydrogen-bond donors (Lipinski definition) is 0. The van der Waals surface area contributed by atoms with Crippen LogP contribution in [0.1, 0.15) is 40.7 Å². The Balaban J connectivity index is 1.74. The fourth-order valence-corrected chi connectivity index (χ4v) is 5.58. The number of aromatic nitrogens is 1. The van der Waals surface area contributed by atoms with Crippen LogP contribution in [0.15, 0.2) is 53.4 Å². The van der Waals surface area contributed by atoms with E-state index in [4.69, 9.17) is 4.98 Å². The Morgan fingerprint density at radius 3 is 2.63 bits per heavy atom. The Hall–Kier alpha value is -2.25. The summed E-state index contributed by atoms with van der Waals surface area (Å²) in [6, 6.07) is 14.3. The molecule has 2 heterocycles. The largest absolute Gasteiger partial charge is 0.329 e. The zero-order valence-corrected chi connectivity index (χ0v) is 16.6. The van der Waals surface area contributed by atoms with Crippen LogP contribution >= 0.6 is 11.3 Å². The highest BCUT2D eigenvalue weighted by Crippen LogP contribution is 2.36. The maximum atomic E-state index is 13.3. The first-order chi connectivity index (χ1) is 12.9. The third-order valence-electron chi connectivity index (χ3n) is 4.88. The number of thiazole rings is 1. The van der Waals surface area contributed by atoms with Gasteiger partial charge in [0.2, 0.25) is 0 Å². The van der Waals surface area contributed by atoms with E-state index in [-0.39, 0.29) is 22.4 Å². The van der Waals surface area contributed by atoms with Gasteiger partial charge in [0.05, 0.1) is 26.7 Å². The molecule has 1 atom stereocenters. The molecule has 1 aliphatic rings. The van der Waals surface area contributed by atoms with Crippen molar-refractivity contribution in [3.05, 3.63) is 59.1 Å². The molecular weight excluding hydrogens is 380 g/mol. The van der Waals surface area contributed by atoms with Crippen molar-refractivity contribution in [1.29, 1.82) is 0 Å². The van der Waals surface area contributed by atoms with Gasteiger partial charge in [-0.1, -0.05) is 24.3 Å². The molecule has 7 heteroatoms. The third kappa shape index (κ3) is 3.49. The molecule has 0 unspecified atom stereocenters. The van der Waals surface area contributed by atoms with Crippen LogP contribution in [0.5, 0.6) is 0 Å². The number of nitrogens with zero attached hydrogens (tertiary/aromatic N) is 2. The normalized spacial score (nSPS) is 18.0. The lowest BCUT2D eigenvalue weighted by Crippen LogP contribution is -2.39. The highest BCUT2D eigenvalue weighted by atomic mass is 32.2. The average molecular weight is 401 g/mol. The zero-order chi connectivity index (χ0) is 19.0. The molecule has 3 aromatic rings. The summed E-state index contributed by atoms with van der Waals surface area (Å²) in [5.41, 5.74) is 1.18. The first-order valence-corrected chi connectivity index (χ1v) is 11.6. The Labute approximate surface area is 162 Å². The molecule has 4 rings (SSSR count). The molecule has 0 N–H and O–H groups in total. The Bertz CT molecular complexity index is 1070. The number of fused-ring (bicyclic) bond motifs is 1. The van der Waals surface area contributed by atoms with Crippen molar-refractivity contribution in [1.82, 2.24) is 9.88 Å². The summed E-state index contributed by atoms with van der Waals surface area (Å²) in [4.78, 5) is 19.9. The topological polar surface area (TPSA) is 67.3 Å². The highest BCUT2D eigenvalue weighted by Gasteiger charge is 2.32. The number of rotatable bonds is 3. The first kappa shape index (κ1) is 18.1. The van der Waals surface area contributed by atoms with Crippen LogP contribution in [-0.2, 0) is 9.84 Å². The Kier molecular flexibility index (Phi) is 4.74. The van der Waals surface area contributed by atoms with Gasteiger partial charge in [0.25, 0.3) is 5.91 Å². The second-order valence-corrected chi connectivity index (χ2v) is 9.84. The van der Waals surface area contributed by atoms with Crippen LogP contribution in [0.25, 0.3) is 10.2 Å². The summed E-state index contributed by atoms with van der Waals surface area (Å²) in [5.74, 6) is -0.236. The summed E-state index contributed by atoms with van der Waals surface area (Å²) in [6.45, 7) is 0.609. The van der Waals surface area contributed by atoms with E-state index in [1.807, 2.05) is 24.3 Å². The number of hydrogen-bond acceptors (Lipinski definition) is 5. The summed E-state index contributed by atoms with van der Waals surface area (Å²) in [6.07, 6.45) is 3.92. The summed E-state index contributed by atoms with van der Waals surface area (Å²) in [7, 11) is -3.48. The predicted molar refractivity (Wildman–Crippen MR) is 107 cm³/mol. The fourth-order valence-electron chi connectivity index (χ4n) is 3.59. The molecule has 1 fully saturated rings. The van der Waals surface area contributed by atoms with Gasteiger partial charge < -0.3 is 4.90 Å². The van der Waals surface area contributed by atoms with E-state index in [1.54, 1.807) is 34.4 Å². The molecule has 1 amide bonds. The predicted octanol–water partition coefficient (Wildman–Crippen LogP) is 4.07. The molecule has 1 saturated heterocycles. The molecule has 0 radical (unpaired) electrons. The highest BCUT2D eigenvalue weighted by molar-refractivity contribution is 7.90. The summed E-state index contributed by atoms with van der Waals surface area (Å²) in [5, 5.41) is 0.918. The molecule has 27 heavy (non-hydrogen) atoms. The van der Waals surface area contributed by atoms with Crippen LogP contribution in [0, 0.1) is 0 Å². The van der Waals surface area contributed by atoms with Crippen molar-refractivity contribution in [3.8, 4) is 0 Å². The quantitative estimate of drug-likeness (QED) is 0.665. The monoisotopic (exact) mass is 400 g/mol. The van der Waals surface area contributed by atoms with Crippen LogP contribution in [-0.4, -0.2) is 37.0 Å². The summed E-state index contributed by atoms with van der Waals surface area (Å²) < 4.78 is 25.4. The molecule has 0 saturated carbocycles. The number of likely N-dealkylation sites (tertiary alicyclic amines) is 1. The lowest BCUT2D eigenvalue weighted by atomic mass is 10.0. The average Bonchev–Trinajstić information content (AvgIpc) is 3.11. The van der Waals surface area contributed by atoms with Gasteiger partial charge in [-0.3, -0.25) is 4.79 Å². The molecule has 0 aliphatic carbocycles. The number of para-hydroxylation sites is 1. The van der Waals surface area contributed by atoms with E-state index >= 15 is 0 Å². The standard InChI is InChI=1S/C20H20N2O3S2/c1-27(24,25)18-12-5-2-8-14(18)20(23)22-13-7-6-10-16(22)19-21-15-9-3-4-11-17(15)26-19/h2-5,8-9,11-12,16H,6-7,10,13H2,1H3/t16-/m0/s1. The van der Waals surface area contributed by atoms with Gasteiger partial charge in [-0.2, -0.15) is 0 Å². The van der Waals surface area contributed by atoms with Crippen LogP contribution in [0.2, 0.25) is 0 Å². The zero-order valence-electron chi connectivity index (χ0n) is 15.0. The molecule has 0 bridgehead atoms. The minimum atomic E-state index is -3.48. The number of carbonyl (C=O) groups is 1. The van der Waals surface area contributed by atoms with Gasteiger partial charge in [-0.05, 0) is 43.5 Å². The maximum absolute atomic E-state index is 13.3. The van der Waals surface area contributed by atoms with Gasteiger partial charge in [-0.15, -0.1) is 11.3 Å². The number of carbonyl (C=O) groups excluding carboxylic acids is 1. The Morgan fingerprint density at radius 2 is 1.85 bits per heavy atom. The van der Waals surface area contributed by atoms with Gasteiger partial charge in [-0.25, -0.2) is 13.4 Å². The molecular formula is C20H20N2O3S2. The van der Waals surface area contributed by atoms with E-state index < -0.39 is 9.84 Å². The molecule has 2 aromatic carbocycles. The van der Waals surface area contributed by atoms with Crippen molar-refractivity contribution < 1.29 is 13.2 Å². The van der Waals surface area contributed by atoms with Crippen LogP contribution in [0.4, 0.5) is 0 Å². The number of sulfone groups is 1. The van der Waals surface area contributed by atoms with E-state index in [2.05, 4.69) is 0 Å². The molecule has 140 valence electrons. The number of amides is 1. The molecule has 1 aliphatic heterocycles. The first-order valence-electron chi connectivity index (χ1n) is 8.90. The van der Waals surface area contributed by atoms with E-state index in [0.29, 0.717) is 6.54 Å². The molecule has 1 aromatic heterocycles. The minimum Gasteiger partial charge on any atom is -0.329 e. The lowest BCUT2D eigenvalue weighted by Gasteiger charge is -2.35. The van der Waals surface area contributed by atoms with Crippen LogP contribution < -0.4 is 0 Å². The second kappa shape index (κ2) is 7.05. The third-order valence-corrected chi connectivity index (χ3v) is 7.17. The number of piperidine rings is 1. The van der Waals surface area contributed by atoms with Crippen molar-refractivity contribution >= 4 is 37.3 Å². The minimum absolute atomic E-state index is 0.0867. The Morgan fingerprint density at radius 1 is 1.11 bits per heavy atom. The van der Waals surface area contributed by atoms with E-state index in [9.17, 15) is 13.2 Å². The lowest BCUT2D eigenvalue weighted by molar-refractivity contribution is 0.0607. The number of benzene rings is 2. The summed E-state index contributed by atoms with van der Waals surface area (Å²) >= 11 is 1.61.